The number of anilines is 1. The molecular weight excluding hydrogens is 588 g/mol. The van der Waals surface area contributed by atoms with Gasteiger partial charge in [-0.25, -0.2) is 9.69 Å². The van der Waals surface area contributed by atoms with Crippen LogP contribution in [0.1, 0.15) is 27.1 Å². The van der Waals surface area contributed by atoms with Crippen molar-refractivity contribution in [1.82, 2.24) is 0 Å². The smallest absolute Gasteiger partial charge is 0.340 e. The molecule has 5 rings (SSSR count). The summed E-state index contributed by atoms with van der Waals surface area (Å²) in [7, 11) is 0. The van der Waals surface area contributed by atoms with E-state index < -0.39 is 35.1 Å². The van der Waals surface area contributed by atoms with Gasteiger partial charge in [0.15, 0.2) is 6.61 Å². The van der Waals surface area contributed by atoms with Gasteiger partial charge in [0, 0.05) is 27.4 Å². The highest BCUT2D eigenvalue weighted by Gasteiger charge is 2.66. The monoisotopic (exact) mass is 604 g/mol. The van der Waals surface area contributed by atoms with Gasteiger partial charge in [0.1, 0.15) is 0 Å². The fourth-order valence-corrected chi connectivity index (χ4v) is 7.39. The van der Waals surface area contributed by atoms with Crippen molar-refractivity contribution in [3.8, 4) is 0 Å². The Kier molecular flexibility index (Phi) is 6.08. The molecule has 11 heteroatoms. The molecule has 3 fully saturated rings. The van der Waals surface area contributed by atoms with Crippen molar-refractivity contribution < 1.29 is 28.8 Å². The number of Topliss-reactive ketones (excluding diaryl/α,β-unsaturated/α-hetero) is 1. The van der Waals surface area contributed by atoms with Crippen molar-refractivity contribution in [2.75, 3.05) is 11.5 Å². The second-order valence-corrected chi connectivity index (χ2v) is 11.0. The molecular formula is C24H18Br2N2O7. The number of benzene rings is 2. The predicted octanol–water partition coefficient (Wildman–Crippen LogP) is 3.92. The molecule has 0 spiro atoms. The molecule has 2 saturated carbocycles. The zero-order valence-corrected chi connectivity index (χ0v) is 21.2. The number of alkyl halides is 2. The highest BCUT2D eigenvalue weighted by atomic mass is 79.9. The molecule has 9 nitrogen and oxygen atoms in total. The van der Waals surface area contributed by atoms with Crippen LogP contribution in [0.4, 0.5) is 11.4 Å². The summed E-state index contributed by atoms with van der Waals surface area (Å²) < 4.78 is 5.18. The van der Waals surface area contributed by atoms with Gasteiger partial charge in [-0.15, -0.1) is 0 Å². The Hall–Kier alpha value is -2.92. The number of ether oxygens (including phenoxy) is 1. The highest BCUT2D eigenvalue weighted by molar-refractivity contribution is 9.12. The van der Waals surface area contributed by atoms with Crippen molar-refractivity contribution in [2.45, 2.75) is 16.1 Å². The summed E-state index contributed by atoms with van der Waals surface area (Å²) in [5, 5.41) is 10.9. The molecule has 3 aliphatic rings. The number of nitrogens with zero attached hydrogens (tertiary/aromatic N) is 2. The first-order chi connectivity index (χ1) is 16.7. The number of halogens is 2. The van der Waals surface area contributed by atoms with Crippen molar-refractivity contribution in [3.05, 3.63) is 69.8 Å². The molecule has 2 aromatic rings. The van der Waals surface area contributed by atoms with E-state index in [2.05, 4.69) is 31.9 Å². The Labute approximate surface area is 216 Å². The number of fused-ring (bicyclic) bond motifs is 5. The zero-order valence-electron chi connectivity index (χ0n) is 18.0. The Morgan fingerprint density at radius 3 is 2.26 bits per heavy atom. The van der Waals surface area contributed by atoms with Gasteiger partial charge in [-0.1, -0.05) is 56.1 Å². The molecule has 0 aromatic heterocycles. The van der Waals surface area contributed by atoms with Crippen LogP contribution in [0.2, 0.25) is 0 Å². The maximum absolute atomic E-state index is 13.4. The average molecular weight is 606 g/mol. The lowest BCUT2D eigenvalue weighted by molar-refractivity contribution is -0.384. The number of para-hydroxylation sites is 1. The van der Waals surface area contributed by atoms with Gasteiger partial charge in [0.05, 0.1) is 28.0 Å². The quantitative estimate of drug-likeness (QED) is 0.122. The Balaban J connectivity index is 1.35. The minimum atomic E-state index is -0.878. The van der Waals surface area contributed by atoms with E-state index in [1.165, 1.54) is 30.3 Å². The Morgan fingerprint density at radius 2 is 1.63 bits per heavy atom. The largest absolute Gasteiger partial charge is 0.454 e. The zero-order chi connectivity index (χ0) is 25.0. The van der Waals surface area contributed by atoms with Crippen LogP contribution in [0, 0.1) is 33.8 Å². The van der Waals surface area contributed by atoms with Crippen LogP contribution in [0.25, 0.3) is 0 Å². The number of nitro groups is 1. The van der Waals surface area contributed by atoms with Gasteiger partial charge >= 0.3 is 5.97 Å². The molecule has 2 aromatic carbocycles. The topological polar surface area (TPSA) is 124 Å². The summed E-state index contributed by atoms with van der Waals surface area (Å²) in [5.74, 6) is -2.98. The molecule has 1 saturated heterocycles. The van der Waals surface area contributed by atoms with Crippen molar-refractivity contribution in [2.24, 2.45) is 23.7 Å². The first kappa shape index (κ1) is 23.8. The molecule has 0 unspecified atom stereocenters. The molecule has 0 radical (unpaired) electrons. The van der Waals surface area contributed by atoms with E-state index in [9.17, 15) is 29.3 Å². The average Bonchev–Trinajstić information content (AvgIpc) is 3.47. The normalized spacial score (nSPS) is 28.8. The van der Waals surface area contributed by atoms with E-state index in [0.29, 0.717) is 0 Å². The number of esters is 1. The van der Waals surface area contributed by atoms with Gasteiger partial charge in [-0.2, -0.15) is 0 Å². The summed E-state index contributed by atoms with van der Waals surface area (Å²) in [6, 6.07) is 11.2. The Bertz CT molecular complexity index is 1250. The molecule has 2 bridgehead atoms. The molecule has 2 amide bonds. The summed E-state index contributed by atoms with van der Waals surface area (Å²) in [6.45, 7) is -0.651. The first-order valence-corrected chi connectivity index (χ1v) is 12.7. The van der Waals surface area contributed by atoms with Crippen LogP contribution < -0.4 is 4.90 Å². The number of ketones is 1. The van der Waals surface area contributed by atoms with Gasteiger partial charge in [-0.05, 0) is 30.4 Å². The minimum Gasteiger partial charge on any atom is -0.454 e. The van der Waals surface area contributed by atoms with Crippen LogP contribution in [-0.4, -0.2) is 44.8 Å². The van der Waals surface area contributed by atoms with Gasteiger partial charge in [-0.3, -0.25) is 24.5 Å². The maximum Gasteiger partial charge on any atom is 0.340 e. The SMILES string of the molecule is O=C(COC(=O)c1ccccc1N1C(=O)[C@@H]2[C@@H]3C[C@@H]([C@H](Br)[C@@H]3Br)[C@@H]2C1=O)c1cccc([N+](=O)[O-])c1. The van der Waals surface area contributed by atoms with E-state index in [1.807, 2.05) is 0 Å². The third-order valence-corrected chi connectivity index (χ3v) is 10.3. The number of hydrogen-bond donors (Lipinski definition) is 0. The molecule has 2 aliphatic carbocycles. The lowest BCUT2D eigenvalue weighted by atomic mass is 9.81. The van der Waals surface area contributed by atoms with Crippen LogP contribution in [0.5, 0.6) is 0 Å². The second-order valence-electron chi connectivity index (χ2n) is 8.84. The van der Waals surface area contributed by atoms with E-state index in [-0.39, 0.29) is 55.8 Å². The molecule has 0 N–H and O–H groups in total. The number of hydrogen-bond acceptors (Lipinski definition) is 7. The summed E-state index contributed by atoms with van der Waals surface area (Å²) in [4.78, 5) is 63.6. The van der Waals surface area contributed by atoms with Crippen LogP contribution in [0.3, 0.4) is 0 Å². The lowest BCUT2D eigenvalue weighted by Crippen LogP contribution is -2.37. The Morgan fingerprint density at radius 1 is 1.00 bits per heavy atom. The predicted molar refractivity (Wildman–Crippen MR) is 131 cm³/mol. The van der Waals surface area contributed by atoms with E-state index in [1.54, 1.807) is 12.1 Å². The molecule has 6 atom stereocenters. The van der Waals surface area contributed by atoms with Gasteiger partial charge < -0.3 is 4.74 Å². The highest BCUT2D eigenvalue weighted by Crippen LogP contribution is 2.60. The molecule has 35 heavy (non-hydrogen) atoms. The fourth-order valence-electron chi connectivity index (χ4n) is 5.51. The van der Waals surface area contributed by atoms with E-state index >= 15 is 0 Å². The number of amides is 2. The summed E-state index contributed by atoms with van der Waals surface area (Å²) >= 11 is 7.30. The number of rotatable bonds is 6. The molecule has 1 aliphatic heterocycles. The van der Waals surface area contributed by atoms with Gasteiger partial charge in [0.25, 0.3) is 5.69 Å². The summed E-state index contributed by atoms with van der Waals surface area (Å²) in [6.07, 6.45) is 0.788. The van der Waals surface area contributed by atoms with Crippen molar-refractivity contribution in [1.29, 1.82) is 0 Å². The number of imide groups is 1. The second kappa shape index (κ2) is 8.94. The number of carbonyl (C=O) groups excluding carboxylic acids is 4. The van der Waals surface area contributed by atoms with Crippen LogP contribution >= 0.6 is 31.9 Å². The number of non-ortho nitro benzene ring substituents is 1. The van der Waals surface area contributed by atoms with E-state index in [0.717, 1.165) is 17.4 Å². The maximum atomic E-state index is 13.4. The molecule has 1 heterocycles. The number of nitro benzene ring substituents is 1. The summed E-state index contributed by atoms with van der Waals surface area (Å²) in [5.41, 5.74) is -0.114. The number of carbonyl (C=O) groups is 4. The molecule has 180 valence electrons. The third-order valence-electron chi connectivity index (χ3n) is 7.07. The standard InChI is InChI=1S/C24H18Br2N2O7/c25-20-14-9-15(21(20)26)19-18(14)22(30)27(23(19)31)16-7-2-1-6-13(16)24(32)35-10-17(29)11-4-3-5-12(8-11)28(33)34/h1-8,14-15,18-21H,9-10H2/t14-,15+,18+,19-,20+,21-. The van der Waals surface area contributed by atoms with Crippen LogP contribution in [-0.2, 0) is 14.3 Å². The van der Waals surface area contributed by atoms with Crippen molar-refractivity contribution >= 4 is 66.8 Å². The van der Waals surface area contributed by atoms with E-state index in [4.69, 9.17) is 4.74 Å². The van der Waals surface area contributed by atoms with Crippen LogP contribution in [0.15, 0.2) is 48.5 Å². The fraction of sp³-hybridized carbons (Fsp3) is 0.333. The van der Waals surface area contributed by atoms with Gasteiger partial charge in [0.2, 0.25) is 17.6 Å². The first-order valence-electron chi connectivity index (χ1n) is 10.9. The lowest BCUT2D eigenvalue weighted by Gasteiger charge is -2.28. The van der Waals surface area contributed by atoms with Crippen molar-refractivity contribution in [3.63, 3.8) is 0 Å². The third kappa shape index (κ3) is 3.81. The minimum absolute atomic E-state index is 0.0147.